The molecule has 2 rings (SSSR count). The monoisotopic (exact) mass is 196 g/mol. The van der Waals surface area contributed by atoms with Crippen LogP contribution in [0.5, 0.6) is 0 Å². The van der Waals surface area contributed by atoms with E-state index >= 15 is 0 Å². The summed E-state index contributed by atoms with van der Waals surface area (Å²) in [5.74, 6) is 0. The summed E-state index contributed by atoms with van der Waals surface area (Å²) in [5.41, 5.74) is 5.97. The molecule has 0 fully saturated rings. The van der Waals surface area contributed by atoms with Gasteiger partial charge in [-0.15, -0.1) is 5.73 Å². The van der Waals surface area contributed by atoms with E-state index in [4.69, 9.17) is 0 Å². The second-order valence-corrected chi connectivity index (χ2v) is 3.35. The standard InChI is InChI=1S/C13H12N2/c1-3-4-11-5-7-12(8-6-11)13-9-10-15(2)14-13/h4-10H,1H2,2H3. The van der Waals surface area contributed by atoms with E-state index in [1.54, 1.807) is 4.68 Å². The molecule has 0 saturated carbocycles. The van der Waals surface area contributed by atoms with Crippen molar-refractivity contribution in [1.82, 2.24) is 9.78 Å². The molecule has 0 amide bonds. The van der Waals surface area contributed by atoms with Crippen molar-refractivity contribution in [3.8, 4) is 11.3 Å². The molecule has 0 aliphatic carbocycles. The van der Waals surface area contributed by atoms with Crippen LogP contribution in [0, 0.1) is 0 Å². The molecule has 0 bridgehead atoms. The van der Waals surface area contributed by atoms with E-state index in [0.717, 1.165) is 16.8 Å². The van der Waals surface area contributed by atoms with Gasteiger partial charge >= 0.3 is 0 Å². The van der Waals surface area contributed by atoms with Gasteiger partial charge < -0.3 is 0 Å². The summed E-state index contributed by atoms with van der Waals surface area (Å²) in [5, 5.41) is 4.34. The molecule has 0 radical (unpaired) electrons. The number of hydrogen-bond donors (Lipinski definition) is 0. The predicted octanol–water partition coefficient (Wildman–Crippen LogP) is 2.89. The number of aromatic nitrogens is 2. The van der Waals surface area contributed by atoms with Gasteiger partial charge in [0.2, 0.25) is 0 Å². The van der Waals surface area contributed by atoms with Gasteiger partial charge in [0.05, 0.1) is 5.69 Å². The van der Waals surface area contributed by atoms with Gasteiger partial charge in [-0.25, -0.2) is 0 Å². The zero-order valence-electron chi connectivity index (χ0n) is 8.64. The van der Waals surface area contributed by atoms with E-state index in [2.05, 4.69) is 17.4 Å². The van der Waals surface area contributed by atoms with Crippen LogP contribution in [0.1, 0.15) is 5.56 Å². The summed E-state index contributed by atoms with van der Waals surface area (Å²) in [6, 6.07) is 10.2. The first-order valence-corrected chi connectivity index (χ1v) is 4.75. The Balaban J connectivity index is 2.35. The quantitative estimate of drug-likeness (QED) is 0.675. The highest BCUT2D eigenvalue weighted by Crippen LogP contribution is 2.17. The molecule has 1 aromatic heterocycles. The molecule has 2 heteroatoms. The Bertz CT molecular complexity index is 500. The van der Waals surface area contributed by atoms with Crippen molar-refractivity contribution in [3.63, 3.8) is 0 Å². The largest absolute Gasteiger partial charge is 0.275 e. The maximum Gasteiger partial charge on any atom is 0.0923 e. The van der Waals surface area contributed by atoms with Gasteiger partial charge in [0.25, 0.3) is 0 Å². The molecule has 15 heavy (non-hydrogen) atoms. The summed E-state index contributed by atoms with van der Waals surface area (Å²) in [4.78, 5) is 0. The molecule has 0 aliphatic rings. The molecule has 0 unspecified atom stereocenters. The fourth-order valence-electron chi connectivity index (χ4n) is 1.44. The molecule has 0 saturated heterocycles. The van der Waals surface area contributed by atoms with Crippen LogP contribution in [0.15, 0.2) is 48.8 Å². The van der Waals surface area contributed by atoms with E-state index < -0.39 is 0 Å². The zero-order valence-corrected chi connectivity index (χ0v) is 8.64. The third-order valence-corrected chi connectivity index (χ3v) is 2.19. The summed E-state index contributed by atoms with van der Waals surface area (Å²) in [7, 11) is 1.91. The van der Waals surface area contributed by atoms with Crippen molar-refractivity contribution >= 4 is 6.08 Å². The van der Waals surface area contributed by atoms with Gasteiger partial charge in [0.15, 0.2) is 0 Å². The average Bonchev–Trinajstić information content (AvgIpc) is 2.67. The van der Waals surface area contributed by atoms with Crippen LogP contribution in [0.3, 0.4) is 0 Å². The minimum absolute atomic E-state index is 0.992. The van der Waals surface area contributed by atoms with Crippen LogP contribution < -0.4 is 0 Å². The lowest BCUT2D eigenvalue weighted by atomic mass is 10.1. The molecule has 2 nitrogen and oxygen atoms in total. The SMILES string of the molecule is C=C=Cc1ccc(-c2ccn(C)n2)cc1. The first kappa shape index (κ1) is 9.50. The molecular formula is C13H12N2. The average molecular weight is 196 g/mol. The highest BCUT2D eigenvalue weighted by atomic mass is 15.2. The van der Waals surface area contributed by atoms with Crippen LogP contribution in [-0.4, -0.2) is 9.78 Å². The highest BCUT2D eigenvalue weighted by molar-refractivity contribution is 5.61. The second kappa shape index (κ2) is 3.99. The van der Waals surface area contributed by atoms with Crippen molar-refractivity contribution < 1.29 is 0 Å². The van der Waals surface area contributed by atoms with Crippen molar-refractivity contribution in [2.45, 2.75) is 0 Å². The van der Waals surface area contributed by atoms with E-state index in [1.165, 1.54) is 0 Å². The molecule has 0 atom stereocenters. The summed E-state index contributed by atoms with van der Waals surface area (Å²) < 4.78 is 1.80. The number of rotatable bonds is 2. The van der Waals surface area contributed by atoms with E-state index in [1.807, 2.05) is 49.7 Å². The third-order valence-electron chi connectivity index (χ3n) is 2.19. The smallest absolute Gasteiger partial charge is 0.0923 e. The van der Waals surface area contributed by atoms with Crippen LogP contribution in [-0.2, 0) is 7.05 Å². The van der Waals surface area contributed by atoms with Gasteiger partial charge in [-0.3, -0.25) is 4.68 Å². The van der Waals surface area contributed by atoms with Crippen LogP contribution >= 0.6 is 0 Å². The van der Waals surface area contributed by atoms with Crippen LogP contribution in [0.25, 0.3) is 17.3 Å². The third kappa shape index (κ3) is 2.06. The fraction of sp³-hybridized carbons (Fsp3) is 0.0769. The van der Waals surface area contributed by atoms with Crippen molar-refractivity contribution in [1.29, 1.82) is 0 Å². The fourth-order valence-corrected chi connectivity index (χ4v) is 1.44. The Labute approximate surface area is 89.2 Å². The van der Waals surface area contributed by atoms with Crippen LogP contribution in [0.2, 0.25) is 0 Å². The van der Waals surface area contributed by atoms with Crippen molar-refractivity contribution in [2.75, 3.05) is 0 Å². The molecule has 1 aromatic carbocycles. The number of nitrogens with zero attached hydrogens (tertiary/aromatic N) is 2. The van der Waals surface area contributed by atoms with E-state index in [-0.39, 0.29) is 0 Å². The molecular weight excluding hydrogens is 184 g/mol. The minimum Gasteiger partial charge on any atom is -0.275 e. The lowest BCUT2D eigenvalue weighted by Gasteiger charge is -1.97. The Morgan fingerprint density at radius 3 is 2.53 bits per heavy atom. The Morgan fingerprint density at radius 1 is 1.27 bits per heavy atom. The second-order valence-electron chi connectivity index (χ2n) is 3.35. The zero-order chi connectivity index (χ0) is 10.7. The first-order valence-electron chi connectivity index (χ1n) is 4.75. The first-order chi connectivity index (χ1) is 7.29. The summed E-state index contributed by atoms with van der Waals surface area (Å²) in [6.45, 7) is 3.54. The minimum atomic E-state index is 0.992. The number of aryl methyl sites for hydroxylation is 1. The normalized spacial score (nSPS) is 9.67. The lowest BCUT2D eigenvalue weighted by Crippen LogP contribution is -1.87. The van der Waals surface area contributed by atoms with Gasteiger partial charge in [0.1, 0.15) is 0 Å². The Hall–Kier alpha value is -2.05. The molecule has 0 spiro atoms. The van der Waals surface area contributed by atoms with E-state index in [9.17, 15) is 0 Å². The van der Waals surface area contributed by atoms with Crippen LogP contribution in [0.4, 0.5) is 0 Å². The molecule has 0 aliphatic heterocycles. The highest BCUT2D eigenvalue weighted by Gasteiger charge is 1.99. The van der Waals surface area contributed by atoms with Gasteiger partial charge in [-0.1, -0.05) is 30.8 Å². The van der Waals surface area contributed by atoms with Crippen molar-refractivity contribution in [2.24, 2.45) is 7.05 Å². The van der Waals surface area contributed by atoms with Crippen molar-refractivity contribution in [3.05, 3.63) is 54.4 Å². The summed E-state index contributed by atoms with van der Waals surface area (Å²) in [6.07, 6.45) is 3.79. The predicted molar refractivity (Wildman–Crippen MR) is 62.2 cm³/mol. The maximum atomic E-state index is 4.34. The summed E-state index contributed by atoms with van der Waals surface area (Å²) >= 11 is 0. The Kier molecular flexibility index (Phi) is 2.53. The number of benzene rings is 1. The molecule has 0 N–H and O–H groups in total. The number of hydrogen-bond acceptors (Lipinski definition) is 1. The topological polar surface area (TPSA) is 17.8 Å². The van der Waals surface area contributed by atoms with E-state index in [0.29, 0.717) is 0 Å². The maximum absolute atomic E-state index is 4.34. The molecule has 1 heterocycles. The van der Waals surface area contributed by atoms with Gasteiger partial charge in [-0.2, -0.15) is 5.10 Å². The molecule has 74 valence electrons. The van der Waals surface area contributed by atoms with Gasteiger partial charge in [0, 0.05) is 18.8 Å². The van der Waals surface area contributed by atoms with Gasteiger partial charge in [-0.05, 0) is 17.7 Å². The molecule has 2 aromatic rings. The Morgan fingerprint density at radius 2 is 2.00 bits per heavy atom. The lowest BCUT2D eigenvalue weighted by molar-refractivity contribution is 0.771.